The Hall–Kier alpha value is -4.33. The van der Waals surface area contributed by atoms with Crippen molar-refractivity contribution < 1.29 is 28.1 Å². The number of methoxy groups -OCH3 is 1. The number of nitrogens with one attached hydrogen (secondary N) is 1. The normalized spacial score (nSPS) is 10.6. The van der Waals surface area contributed by atoms with Crippen LogP contribution >= 0.6 is 0 Å². The summed E-state index contributed by atoms with van der Waals surface area (Å²) < 4.78 is 35.6. The van der Waals surface area contributed by atoms with E-state index in [1.165, 1.54) is 25.5 Å². The van der Waals surface area contributed by atoms with Gasteiger partial charge in [0.05, 0.1) is 19.9 Å². The highest BCUT2D eigenvalue weighted by Gasteiger charge is 2.11. The summed E-state index contributed by atoms with van der Waals surface area (Å²) in [5.41, 5.74) is 4.25. The number of ether oxygens (including phenoxy) is 4. The zero-order chi connectivity index (χ0) is 25.0. The van der Waals surface area contributed by atoms with E-state index in [4.69, 9.17) is 18.9 Å². The fraction of sp³-hybridized carbons (Fsp3) is 0.185. The van der Waals surface area contributed by atoms with Crippen molar-refractivity contribution in [2.24, 2.45) is 5.10 Å². The summed E-state index contributed by atoms with van der Waals surface area (Å²) in [6, 6.07) is 16.3. The molecule has 0 radical (unpaired) electrons. The minimum Gasteiger partial charge on any atom is -0.493 e. The molecule has 0 aliphatic carbocycles. The number of nitrogens with zero attached hydrogens (tertiary/aromatic N) is 1. The molecule has 0 aromatic heterocycles. The maximum atomic E-state index is 13.4. The van der Waals surface area contributed by atoms with E-state index in [-0.39, 0.29) is 12.4 Å². The van der Waals surface area contributed by atoms with E-state index in [1.54, 1.807) is 54.6 Å². The Morgan fingerprint density at radius 2 is 1.80 bits per heavy atom. The maximum absolute atomic E-state index is 13.4. The van der Waals surface area contributed by atoms with Gasteiger partial charge in [-0.2, -0.15) is 5.10 Å². The second-order valence-corrected chi connectivity index (χ2v) is 7.22. The van der Waals surface area contributed by atoms with Crippen LogP contribution in [-0.4, -0.2) is 32.4 Å². The van der Waals surface area contributed by atoms with Crippen molar-refractivity contribution >= 4 is 12.1 Å². The van der Waals surface area contributed by atoms with Gasteiger partial charge in [-0.3, -0.25) is 4.79 Å². The summed E-state index contributed by atoms with van der Waals surface area (Å²) in [7, 11) is 1.52. The van der Waals surface area contributed by atoms with Crippen molar-refractivity contribution in [3.8, 4) is 23.0 Å². The van der Waals surface area contributed by atoms with Gasteiger partial charge in [0, 0.05) is 5.56 Å². The Balaban J connectivity index is 1.63. The molecule has 3 aromatic carbocycles. The second kappa shape index (κ2) is 12.8. The van der Waals surface area contributed by atoms with Gasteiger partial charge in [0.2, 0.25) is 0 Å². The standard InChI is InChI=1S/C27H27FN2O5/c1-4-13-34-24-12-10-21(16-26(24)33-5-2)27(31)30-29-17-19-9-11-23(25(15-19)32-3)35-18-20-7-6-8-22(28)14-20/h4,6-12,14-17H,1,5,13,18H2,2-3H3,(H,30,31)/b29-17+. The topological polar surface area (TPSA) is 78.4 Å². The van der Waals surface area contributed by atoms with Gasteiger partial charge >= 0.3 is 0 Å². The first-order valence-electron chi connectivity index (χ1n) is 10.9. The van der Waals surface area contributed by atoms with Crippen LogP contribution in [0.4, 0.5) is 4.39 Å². The van der Waals surface area contributed by atoms with E-state index < -0.39 is 5.91 Å². The Morgan fingerprint density at radius 3 is 2.54 bits per heavy atom. The number of hydrazone groups is 1. The summed E-state index contributed by atoms with van der Waals surface area (Å²) in [6.45, 7) is 6.42. The highest BCUT2D eigenvalue weighted by atomic mass is 19.1. The van der Waals surface area contributed by atoms with Crippen LogP contribution in [0, 0.1) is 5.82 Å². The number of rotatable bonds is 12. The molecule has 8 heteroatoms. The lowest BCUT2D eigenvalue weighted by Crippen LogP contribution is -2.17. The SMILES string of the molecule is C=CCOc1ccc(C(=O)N/N=C/c2ccc(OCc3cccc(F)c3)c(OC)c2)cc1OCC. The van der Waals surface area contributed by atoms with E-state index >= 15 is 0 Å². The van der Waals surface area contributed by atoms with Crippen LogP contribution in [0.15, 0.2) is 78.4 Å². The van der Waals surface area contributed by atoms with Crippen LogP contribution in [0.2, 0.25) is 0 Å². The van der Waals surface area contributed by atoms with Gasteiger partial charge in [-0.05, 0) is 66.6 Å². The Labute approximate surface area is 203 Å². The fourth-order valence-corrected chi connectivity index (χ4v) is 3.09. The fourth-order valence-electron chi connectivity index (χ4n) is 3.09. The monoisotopic (exact) mass is 478 g/mol. The number of carbonyl (C=O) groups is 1. The Bertz CT molecular complexity index is 1200. The van der Waals surface area contributed by atoms with E-state index in [0.717, 1.165) is 0 Å². The molecule has 0 saturated carbocycles. The maximum Gasteiger partial charge on any atom is 0.271 e. The zero-order valence-electron chi connectivity index (χ0n) is 19.6. The molecule has 3 aromatic rings. The minimum absolute atomic E-state index is 0.193. The summed E-state index contributed by atoms with van der Waals surface area (Å²) in [5.74, 6) is 1.24. The second-order valence-electron chi connectivity index (χ2n) is 7.22. The lowest BCUT2D eigenvalue weighted by atomic mass is 10.2. The molecule has 182 valence electrons. The first-order chi connectivity index (χ1) is 17.0. The number of amides is 1. The van der Waals surface area contributed by atoms with Crippen molar-refractivity contribution in [2.75, 3.05) is 20.3 Å². The molecule has 0 saturated heterocycles. The van der Waals surface area contributed by atoms with Crippen molar-refractivity contribution in [3.63, 3.8) is 0 Å². The average Bonchev–Trinajstić information content (AvgIpc) is 2.87. The zero-order valence-corrected chi connectivity index (χ0v) is 19.6. The first-order valence-corrected chi connectivity index (χ1v) is 10.9. The lowest BCUT2D eigenvalue weighted by molar-refractivity contribution is 0.0954. The van der Waals surface area contributed by atoms with E-state index in [2.05, 4.69) is 17.1 Å². The molecule has 7 nitrogen and oxygen atoms in total. The molecule has 0 bridgehead atoms. The smallest absolute Gasteiger partial charge is 0.271 e. The first kappa shape index (κ1) is 25.3. The molecule has 35 heavy (non-hydrogen) atoms. The van der Waals surface area contributed by atoms with Crippen molar-refractivity contribution in [2.45, 2.75) is 13.5 Å². The van der Waals surface area contributed by atoms with E-state index in [0.29, 0.717) is 52.9 Å². The third-order valence-electron chi connectivity index (χ3n) is 4.71. The Morgan fingerprint density at radius 1 is 1.00 bits per heavy atom. The van der Waals surface area contributed by atoms with Gasteiger partial charge < -0.3 is 18.9 Å². The van der Waals surface area contributed by atoms with Crippen LogP contribution in [-0.2, 0) is 6.61 Å². The quantitative estimate of drug-likeness (QED) is 0.222. The molecule has 0 aliphatic rings. The highest BCUT2D eigenvalue weighted by molar-refractivity contribution is 5.95. The molecule has 0 unspecified atom stereocenters. The van der Waals surface area contributed by atoms with E-state index in [1.807, 2.05) is 6.92 Å². The predicted molar refractivity (Wildman–Crippen MR) is 132 cm³/mol. The van der Waals surface area contributed by atoms with Crippen molar-refractivity contribution in [3.05, 3.63) is 95.8 Å². The number of hydrogen-bond acceptors (Lipinski definition) is 6. The molecule has 0 atom stereocenters. The number of carbonyl (C=O) groups excluding carboxylic acids is 1. The number of halogens is 1. The van der Waals surface area contributed by atoms with Crippen LogP contribution in [0.25, 0.3) is 0 Å². The van der Waals surface area contributed by atoms with Gasteiger partial charge in [0.25, 0.3) is 5.91 Å². The van der Waals surface area contributed by atoms with Gasteiger partial charge in [0.1, 0.15) is 19.0 Å². The molecule has 0 aliphatic heterocycles. The molecule has 1 N–H and O–H groups in total. The molecular weight excluding hydrogens is 451 g/mol. The van der Waals surface area contributed by atoms with Crippen LogP contribution < -0.4 is 24.4 Å². The van der Waals surface area contributed by atoms with Gasteiger partial charge in [-0.1, -0.05) is 24.8 Å². The summed E-state index contributed by atoms with van der Waals surface area (Å²) in [5, 5.41) is 4.03. The van der Waals surface area contributed by atoms with Gasteiger partial charge in [-0.25, -0.2) is 9.82 Å². The molecular formula is C27H27FN2O5. The third-order valence-corrected chi connectivity index (χ3v) is 4.71. The summed E-state index contributed by atoms with van der Waals surface area (Å²) in [6.07, 6.45) is 3.12. The average molecular weight is 479 g/mol. The number of benzene rings is 3. The molecule has 0 spiro atoms. The summed E-state index contributed by atoms with van der Waals surface area (Å²) >= 11 is 0. The van der Waals surface area contributed by atoms with Crippen LogP contribution in [0.5, 0.6) is 23.0 Å². The third kappa shape index (κ3) is 7.33. The van der Waals surface area contributed by atoms with Gasteiger partial charge in [-0.15, -0.1) is 0 Å². The van der Waals surface area contributed by atoms with Crippen molar-refractivity contribution in [1.82, 2.24) is 5.43 Å². The van der Waals surface area contributed by atoms with Crippen LogP contribution in [0.1, 0.15) is 28.4 Å². The summed E-state index contributed by atoms with van der Waals surface area (Å²) in [4.78, 5) is 12.5. The largest absolute Gasteiger partial charge is 0.493 e. The molecule has 3 rings (SSSR count). The predicted octanol–water partition coefficient (Wildman–Crippen LogP) is 5.14. The number of hydrogen-bond donors (Lipinski definition) is 1. The van der Waals surface area contributed by atoms with Gasteiger partial charge in [0.15, 0.2) is 23.0 Å². The lowest BCUT2D eigenvalue weighted by Gasteiger charge is -2.12. The molecule has 1 amide bonds. The molecule has 0 fully saturated rings. The minimum atomic E-state index is -0.403. The van der Waals surface area contributed by atoms with E-state index in [9.17, 15) is 9.18 Å². The van der Waals surface area contributed by atoms with Crippen LogP contribution in [0.3, 0.4) is 0 Å². The van der Waals surface area contributed by atoms with Crippen molar-refractivity contribution in [1.29, 1.82) is 0 Å². The molecule has 0 heterocycles. The Kier molecular flexibility index (Phi) is 9.24. The highest BCUT2D eigenvalue weighted by Crippen LogP contribution is 2.29.